The van der Waals surface area contributed by atoms with Crippen molar-refractivity contribution in [1.29, 1.82) is 0 Å². The van der Waals surface area contributed by atoms with Gasteiger partial charge in [-0.15, -0.1) is 0 Å². The van der Waals surface area contributed by atoms with Gasteiger partial charge in [-0.2, -0.15) is 0 Å². The molecule has 3 N–H and O–H groups in total. The molecule has 1 aromatic heterocycles. The Kier molecular flexibility index (Phi) is 8.89. The van der Waals surface area contributed by atoms with Crippen molar-refractivity contribution in [2.24, 2.45) is 0 Å². The van der Waals surface area contributed by atoms with Crippen molar-refractivity contribution in [3.63, 3.8) is 0 Å². The van der Waals surface area contributed by atoms with Crippen LogP contribution in [-0.4, -0.2) is 56.7 Å². The lowest BCUT2D eigenvalue weighted by molar-refractivity contribution is -0.169. The molecule has 0 unspecified atom stereocenters. The van der Waals surface area contributed by atoms with Crippen LogP contribution in [-0.2, 0) is 20.9 Å². The number of hydrogen-bond donors (Lipinski definition) is 3. The Balaban J connectivity index is 1.43. The van der Waals surface area contributed by atoms with Crippen molar-refractivity contribution in [2.75, 3.05) is 18.4 Å². The molecule has 9 heteroatoms. The van der Waals surface area contributed by atoms with Gasteiger partial charge in [-0.3, -0.25) is 24.7 Å². The fourth-order valence-electron chi connectivity index (χ4n) is 5.33. The number of aryl methyl sites for hydroxylation is 1. The number of hydrogen-bond acceptors (Lipinski definition) is 8. The Morgan fingerprint density at radius 3 is 2.32 bits per heavy atom. The van der Waals surface area contributed by atoms with Gasteiger partial charge < -0.3 is 14.8 Å². The van der Waals surface area contributed by atoms with Gasteiger partial charge in [0, 0.05) is 41.0 Å². The minimum Gasteiger partial charge on any atom is -0.489 e. The number of amides is 1. The van der Waals surface area contributed by atoms with E-state index in [0.29, 0.717) is 32.5 Å². The quantitative estimate of drug-likeness (QED) is 0.181. The zero-order valence-corrected chi connectivity index (χ0v) is 24.9. The van der Waals surface area contributed by atoms with E-state index in [1.165, 1.54) is 0 Å². The molecule has 220 valence electrons. The largest absolute Gasteiger partial charge is 0.489 e. The average molecular weight is 563 g/mol. The summed E-state index contributed by atoms with van der Waals surface area (Å²) in [4.78, 5) is 31.9. The molecular weight excluding hydrogens is 520 g/mol. The predicted octanol–water partition coefficient (Wildman–Crippen LogP) is 5.38. The van der Waals surface area contributed by atoms with E-state index in [9.17, 15) is 14.8 Å². The first-order valence-corrected chi connectivity index (χ1v) is 14.1. The molecule has 0 saturated carbocycles. The fraction of sp³-hybridized carbons (Fsp3) is 0.469. The van der Waals surface area contributed by atoms with Gasteiger partial charge in [0.15, 0.2) is 0 Å². The highest BCUT2D eigenvalue weighted by Crippen LogP contribution is 2.34. The normalized spacial score (nSPS) is 15.8. The first-order chi connectivity index (χ1) is 19.3. The van der Waals surface area contributed by atoms with Gasteiger partial charge in [-0.25, -0.2) is 5.48 Å². The number of piperidine rings is 1. The van der Waals surface area contributed by atoms with Crippen LogP contribution in [0.1, 0.15) is 65.1 Å². The standard InChI is InChI=1S/C32H42N4O5/c1-22-19-23(26-9-7-8-10-27(26)33-22)21-40-25-13-11-24(12-14-25)34-32(20-28(37)35-39)15-17-36(18-16-32)31(5,6)29(38)41-30(2,3)4/h7-14,19,34,39H,15-18,20-21H2,1-6H3,(H,35,37). The Labute approximate surface area is 242 Å². The number of esters is 1. The summed E-state index contributed by atoms with van der Waals surface area (Å²) >= 11 is 0. The maximum absolute atomic E-state index is 12.9. The lowest BCUT2D eigenvalue weighted by Crippen LogP contribution is -2.59. The third kappa shape index (κ3) is 7.54. The maximum Gasteiger partial charge on any atom is 0.326 e. The Hall–Kier alpha value is -3.69. The van der Waals surface area contributed by atoms with Crippen LogP contribution in [0.5, 0.6) is 5.75 Å². The van der Waals surface area contributed by atoms with Crippen molar-refractivity contribution in [3.05, 3.63) is 65.9 Å². The SMILES string of the molecule is Cc1cc(COc2ccc(NC3(CC(=O)NO)CCN(C(C)(C)C(=O)OC(C)(C)C)CC3)cc2)c2ccccc2n1. The summed E-state index contributed by atoms with van der Waals surface area (Å²) in [5, 5.41) is 13.9. The third-order valence-electron chi connectivity index (χ3n) is 7.62. The minimum atomic E-state index is -0.809. The number of nitrogens with one attached hydrogen (secondary N) is 2. The number of anilines is 1. The van der Waals surface area contributed by atoms with E-state index >= 15 is 0 Å². The zero-order valence-electron chi connectivity index (χ0n) is 24.9. The number of likely N-dealkylation sites (tertiary alicyclic amines) is 1. The maximum atomic E-state index is 12.9. The molecule has 0 atom stereocenters. The molecule has 0 spiro atoms. The number of ether oxygens (including phenoxy) is 2. The summed E-state index contributed by atoms with van der Waals surface area (Å²) in [7, 11) is 0. The smallest absolute Gasteiger partial charge is 0.326 e. The molecule has 1 aliphatic heterocycles. The van der Waals surface area contributed by atoms with E-state index in [0.717, 1.165) is 33.6 Å². The number of hydroxylamine groups is 1. The summed E-state index contributed by atoms with van der Waals surface area (Å²) in [6.07, 6.45) is 1.29. The molecule has 9 nitrogen and oxygen atoms in total. The van der Waals surface area contributed by atoms with Gasteiger partial charge in [0.2, 0.25) is 5.91 Å². The number of fused-ring (bicyclic) bond motifs is 1. The highest BCUT2D eigenvalue weighted by Gasteiger charge is 2.44. The van der Waals surface area contributed by atoms with Gasteiger partial charge in [-0.05, 0) is 90.8 Å². The van der Waals surface area contributed by atoms with Crippen molar-refractivity contribution in [1.82, 2.24) is 15.4 Å². The summed E-state index contributed by atoms with van der Waals surface area (Å²) in [5.74, 6) is -0.00794. The second-order valence-electron chi connectivity index (χ2n) is 12.4. The van der Waals surface area contributed by atoms with Crippen LogP contribution >= 0.6 is 0 Å². The average Bonchev–Trinajstić information content (AvgIpc) is 2.91. The van der Waals surface area contributed by atoms with Crippen LogP contribution in [0.25, 0.3) is 10.9 Å². The molecule has 3 aromatic rings. The summed E-state index contributed by atoms with van der Waals surface area (Å²) in [6.45, 7) is 12.9. The molecule has 4 rings (SSSR count). The molecular formula is C32H42N4O5. The van der Waals surface area contributed by atoms with Crippen LogP contribution in [0, 0.1) is 6.92 Å². The van der Waals surface area contributed by atoms with E-state index in [4.69, 9.17) is 9.47 Å². The molecule has 0 radical (unpaired) electrons. The number of carbonyl (C=O) groups excluding carboxylic acids is 2. The number of para-hydroxylation sites is 1. The van der Waals surface area contributed by atoms with Crippen LogP contribution in [0.2, 0.25) is 0 Å². The Morgan fingerprint density at radius 1 is 1.02 bits per heavy atom. The number of rotatable bonds is 9. The first kappa shape index (κ1) is 30.3. The van der Waals surface area contributed by atoms with Crippen LogP contribution in [0.3, 0.4) is 0 Å². The zero-order chi connectivity index (χ0) is 29.8. The highest BCUT2D eigenvalue weighted by molar-refractivity contribution is 5.82. The van der Waals surface area contributed by atoms with Gasteiger partial charge in [0.05, 0.1) is 11.9 Å². The molecule has 0 aliphatic carbocycles. The van der Waals surface area contributed by atoms with Gasteiger partial charge >= 0.3 is 5.97 Å². The number of carbonyl (C=O) groups is 2. The van der Waals surface area contributed by atoms with Gasteiger partial charge in [0.1, 0.15) is 23.5 Å². The molecule has 1 saturated heterocycles. The number of nitrogens with zero attached hydrogens (tertiary/aromatic N) is 2. The van der Waals surface area contributed by atoms with Crippen LogP contribution in [0.15, 0.2) is 54.6 Å². The second kappa shape index (κ2) is 12.0. The molecule has 1 aliphatic rings. The predicted molar refractivity (Wildman–Crippen MR) is 159 cm³/mol. The minimum absolute atomic E-state index is 0.0942. The lowest BCUT2D eigenvalue weighted by Gasteiger charge is -2.47. The lowest BCUT2D eigenvalue weighted by atomic mass is 9.82. The van der Waals surface area contributed by atoms with Crippen molar-refractivity contribution in [2.45, 2.75) is 84.1 Å². The molecule has 2 aromatic carbocycles. The van der Waals surface area contributed by atoms with Gasteiger partial charge in [0.25, 0.3) is 0 Å². The van der Waals surface area contributed by atoms with E-state index in [-0.39, 0.29) is 12.4 Å². The fourth-order valence-corrected chi connectivity index (χ4v) is 5.33. The topological polar surface area (TPSA) is 113 Å². The molecule has 41 heavy (non-hydrogen) atoms. The van der Waals surface area contributed by atoms with Crippen LogP contribution in [0.4, 0.5) is 5.69 Å². The third-order valence-corrected chi connectivity index (χ3v) is 7.62. The molecule has 2 heterocycles. The Bertz CT molecular complexity index is 1370. The van der Waals surface area contributed by atoms with Crippen molar-refractivity contribution < 1.29 is 24.3 Å². The summed E-state index contributed by atoms with van der Waals surface area (Å²) in [5.41, 5.74) is 3.60. The molecule has 1 amide bonds. The van der Waals surface area contributed by atoms with E-state index in [1.54, 1.807) is 5.48 Å². The summed E-state index contributed by atoms with van der Waals surface area (Å²) < 4.78 is 11.8. The number of benzene rings is 2. The van der Waals surface area contributed by atoms with Crippen molar-refractivity contribution >= 4 is 28.5 Å². The summed E-state index contributed by atoms with van der Waals surface area (Å²) in [6, 6.07) is 17.7. The van der Waals surface area contributed by atoms with Crippen LogP contribution < -0.4 is 15.5 Å². The number of pyridine rings is 1. The van der Waals surface area contributed by atoms with E-state index in [1.807, 2.05) is 90.1 Å². The van der Waals surface area contributed by atoms with Gasteiger partial charge in [-0.1, -0.05) is 18.2 Å². The Morgan fingerprint density at radius 2 is 1.68 bits per heavy atom. The first-order valence-electron chi connectivity index (χ1n) is 14.1. The second-order valence-corrected chi connectivity index (χ2v) is 12.4. The van der Waals surface area contributed by atoms with E-state index < -0.39 is 22.6 Å². The monoisotopic (exact) mass is 562 g/mol. The number of aromatic nitrogens is 1. The van der Waals surface area contributed by atoms with E-state index in [2.05, 4.69) is 21.3 Å². The van der Waals surface area contributed by atoms with Crippen molar-refractivity contribution in [3.8, 4) is 5.75 Å². The molecule has 0 bridgehead atoms. The molecule has 1 fully saturated rings. The highest BCUT2D eigenvalue weighted by atomic mass is 16.6.